The van der Waals surface area contributed by atoms with Crippen molar-refractivity contribution in [1.82, 2.24) is 0 Å². The van der Waals surface area contributed by atoms with Gasteiger partial charge < -0.3 is 19.7 Å². The minimum absolute atomic E-state index is 0.148. The molecule has 0 aliphatic carbocycles. The molecule has 2 aromatic rings. The molecule has 0 radical (unpaired) electrons. The molecule has 0 unspecified atom stereocenters. The highest BCUT2D eigenvalue weighted by Gasteiger charge is 2.31. The molecule has 0 amide bonds. The summed E-state index contributed by atoms with van der Waals surface area (Å²) in [6.45, 7) is 3.76. The molecule has 3 rings (SSSR count). The van der Waals surface area contributed by atoms with E-state index in [-0.39, 0.29) is 11.5 Å². The number of ether oxygens (including phenoxy) is 2. The molecule has 2 aromatic carbocycles. The summed E-state index contributed by atoms with van der Waals surface area (Å²) in [4.78, 5) is 0. The van der Waals surface area contributed by atoms with Crippen molar-refractivity contribution in [2.75, 3.05) is 0 Å². The molecule has 0 bridgehead atoms. The second-order valence-electron chi connectivity index (χ2n) is 5.04. The number of phenolic OH excluding ortho intramolecular Hbond substituents is 2. The molecule has 0 saturated heterocycles. The van der Waals surface area contributed by atoms with Crippen molar-refractivity contribution in [2.45, 2.75) is 26.7 Å². The van der Waals surface area contributed by atoms with Crippen LogP contribution >= 0.6 is 47.8 Å². The maximum atomic E-state index is 10.3. The zero-order valence-electron chi connectivity index (χ0n) is 12.3. The fraction of sp³-hybridized carbons (Fsp3) is 0.250. The van der Waals surface area contributed by atoms with Crippen LogP contribution in [0.1, 0.15) is 25.0 Å². The fourth-order valence-electron chi connectivity index (χ4n) is 2.59. The molecule has 1 heterocycles. The van der Waals surface area contributed by atoms with E-state index in [1.807, 2.05) is 13.8 Å². The van der Waals surface area contributed by atoms with E-state index in [1.165, 1.54) is 0 Å². The molecule has 122 valence electrons. The zero-order chi connectivity index (χ0) is 16.9. The van der Waals surface area contributed by atoms with Gasteiger partial charge in [0.05, 0.1) is 4.47 Å². The first-order valence-corrected chi connectivity index (χ1v) is 9.41. The zero-order valence-corrected chi connectivity index (χ0v) is 17.1. The summed E-state index contributed by atoms with van der Waals surface area (Å²) in [5, 5.41) is 20.5. The summed E-state index contributed by atoms with van der Waals surface area (Å²) in [6.07, 6.45) is 1.00. The van der Waals surface area contributed by atoms with E-state index in [9.17, 15) is 10.2 Å². The summed E-state index contributed by atoms with van der Waals surface area (Å²) in [7, 11) is 0. The standard InChI is InChI=1S/C16H13Br3O4/c1-3-6-12(20)13(21)7(4-2)15-14(6)22-9-5-8(17)10(18)11(19)16(9)23-15/h5,20-21H,3-4H2,1-2H3. The van der Waals surface area contributed by atoms with Crippen LogP contribution in [0, 0.1) is 0 Å². The summed E-state index contributed by atoms with van der Waals surface area (Å²) < 4.78 is 14.4. The Morgan fingerprint density at radius 1 is 0.826 bits per heavy atom. The third-order valence-corrected chi connectivity index (χ3v) is 7.03. The van der Waals surface area contributed by atoms with Crippen molar-refractivity contribution in [2.24, 2.45) is 0 Å². The number of benzene rings is 2. The van der Waals surface area contributed by atoms with E-state index in [0.29, 0.717) is 51.4 Å². The van der Waals surface area contributed by atoms with Gasteiger partial charge in [0.25, 0.3) is 0 Å². The normalized spacial score (nSPS) is 12.2. The topological polar surface area (TPSA) is 58.9 Å². The minimum atomic E-state index is -0.151. The predicted molar refractivity (Wildman–Crippen MR) is 98.2 cm³/mol. The average molecular weight is 509 g/mol. The van der Waals surface area contributed by atoms with E-state index in [2.05, 4.69) is 47.8 Å². The Labute approximate surface area is 158 Å². The highest BCUT2D eigenvalue weighted by atomic mass is 79.9. The number of aromatic hydroxyl groups is 2. The molecule has 0 atom stereocenters. The molecular weight excluding hydrogens is 496 g/mol. The Hall–Kier alpha value is -0.920. The van der Waals surface area contributed by atoms with Crippen LogP contribution in [0.25, 0.3) is 0 Å². The quantitative estimate of drug-likeness (QED) is 0.310. The first-order chi connectivity index (χ1) is 10.9. The van der Waals surface area contributed by atoms with Crippen LogP contribution < -0.4 is 9.47 Å². The maximum Gasteiger partial charge on any atom is 0.185 e. The lowest BCUT2D eigenvalue weighted by Gasteiger charge is -2.27. The van der Waals surface area contributed by atoms with Crippen LogP contribution in [-0.4, -0.2) is 10.2 Å². The van der Waals surface area contributed by atoms with E-state index in [0.717, 1.165) is 8.95 Å². The Morgan fingerprint density at radius 3 is 1.87 bits per heavy atom. The largest absolute Gasteiger partial charge is 0.504 e. The van der Waals surface area contributed by atoms with Crippen molar-refractivity contribution < 1.29 is 19.7 Å². The number of hydrogen-bond acceptors (Lipinski definition) is 4. The van der Waals surface area contributed by atoms with Gasteiger partial charge in [0.1, 0.15) is 0 Å². The summed E-state index contributed by atoms with van der Waals surface area (Å²) in [5.41, 5.74) is 1.04. The van der Waals surface area contributed by atoms with Gasteiger partial charge in [-0.15, -0.1) is 0 Å². The van der Waals surface area contributed by atoms with Gasteiger partial charge in [0.15, 0.2) is 34.5 Å². The highest BCUT2D eigenvalue weighted by molar-refractivity contribution is 9.14. The first-order valence-electron chi connectivity index (χ1n) is 7.03. The number of phenols is 2. The second-order valence-corrected chi connectivity index (χ2v) is 7.48. The Morgan fingerprint density at radius 2 is 1.35 bits per heavy atom. The van der Waals surface area contributed by atoms with Gasteiger partial charge >= 0.3 is 0 Å². The third-order valence-electron chi connectivity index (χ3n) is 3.76. The van der Waals surface area contributed by atoms with Crippen molar-refractivity contribution in [3.63, 3.8) is 0 Å². The molecule has 0 spiro atoms. The van der Waals surface area contributed by atoms with Crippen molar-refractivity contribution in [3.8, 4) is 34.5 Å². The maximum absolute atomic E-state index is 10.3. The number of hydrogen-bond donors (Lipinski definition) is 2. The lowest BCUT2D eigenvalue weighted by atomic mass is 10.0. The summed E-state index contributed by atoms with van der Waals surface area (Å²) >= 11 is 10.4. The molecule has 0 aromatic heterocycles. The minimum Gasteiger partial charge on any atom is -0.504 e. The molecule has 0 saturated carbocycles. The van der Waals surface area contributed by atoms with Gasteiger partial charge in [-0.25, -0.2) is 0 Å². The van der Waals surface area contributed by atoms with E-state index < -0.39 is 0 Å². The van der Waals surface area contributed by atoms with E-state index in [4.69, 9.17) is 9.47 Å². The lowest BCUT2D eigenvalue weighted by molar-refractivity contribution is 0.334. The molecular formula is C16H13Br3O4. The number of halogens is 3. The van der Waals surface area contributed by atoms with Crippen molar-refractivity contribution in [1.29, 1.82) is 0 Å². The van der Waals surface area contributed by atoms with Gasteiger partial charge in [-0.1, -0.05) is 13.8 Å². The Bertz CT molecular complexity index is 818. The average Bonchev–Trinajstić information content (AvgIpc) is 2.53. The van der Waals surface area contributed by atoms with Crippen molar-refractivity contribution >= 4 is 47.8 Å². The van der Waals surface area contributed by atoms with Crippen LogP contribution in [-0.2, 0) is 12.8 Å². The van der Waals surface area contributed by atoms with Crippen LogP contribution in [0.15, 0.2) is 19.5 Å². The van der Waals surface area contributed by atoms with Gasteiger partial charge in [-0.3, -0.25) is 0 Å². The molecule has 23 heavy (non-hydrogen) atoms. The van der Waals surface area contributed by atoms with Crippen LogP contribution in [0.5, 0.6) is 34.5 Å². The molecule has 0 fully saturated rings. The number of rotatable bonds is 2. The predicted octanol–water partition coefficient (Wildman–Crippen LogP) is 6.41. The SMILES string of the molecule is CCc1c(O)c(O)c(CC)c2c1Oc1cc(Br)c(Br)c(Br)c1O2. The highest BCUT2D eigenvalue weighted by Crippen LogP contribution is 2.58. The second kappa shape index (κ2) is 6.18. The first kappa shape index (κ1) is 16.9. The fourth-order valence-corrected chi connectivity index (χ4v) is 4.04. The van der Waals surface area contributed by atoms with E-state index >= 15 is 0 Å². The van der Waals surface area contributed by atoms with Crippen LogP contribution in [0.3, 0.4) is 0 Å². The van der Waals surface area contributed by atoms with Crippen molar-refractivity contribution in [3.05, 3.63) is 30.6 Å². The van der Waals surface area contributed by atoms with Gasteiger partial charge in [0, 0.05) is 26.1 Å². The van der Waals surface area contributed by atoms with Gasteiger partial charge in [-0.05, 0) is 60.6 Å². The lowest BCUT2D eigenvalue weighted by Crippen LogP contribution is -2.06. The molecule has 2 N–H and O–H groups in total. The number of fused-ring (bicyclic) bond motifs is 2. The smallest absolute Gasteiger partial charge is 0.185 e. The van der Waals surface area contributed by atoms with Crippen LogP contribution in [0.2, 0.25) is 0 Å². The van der Waals surface area contributed by atoms with Gasteiger partial charge in [0.2, 0.25) is 0 Å². The monoisotopic (exact) mass is 506 g/mol. The summed E-state index contributed by atoms with van der Waals surface area (Å²) in [5.74, 6) is 1.65. The summed E-state index contributed by atoms with van der Waals surface area (Å²) in [6, 6.07) is 1.79. The molecule has 1 aliphatic rings. The van der Waals surface area contributed by atoms with Crippen LogP contribution in [0.4, 0.5) is 0 Å². The molecule has 7 heteroatoms. The molecule has 1 aliphatic heterocycles. The van der Waals surface area contributed by atoms with E-state index in [1.54, 1.807) is 6.07 Å². The van der Waals surface area contributed by atoms with Gasteiger partial charge in [-0.2, -0.15) is 0 Å². The molecule has 4 nitrogen and oxygen atoms in total. The third kappa shape index (κ3) is 2.53. The Balaban J connectivity index is 2.29. The Kier molecular flexibility index (Phi) is 4.55.